The summed E-state index contributed by atoms with van der Waals surface area (Å²) < 4.78 is 60.2. The van der Waals surface area contributed by atoms with Crippen molar-refractivity contribution in [1.82, 2.24) is 0 Å². The molecule has 0 spiro atoms. The van der Waals surface area contributed by atoms with Gasteiger partial charge in [0, 0.05) is 0 Å². The van der Waals surface area contributed by atoms with Crippen molar-refractivity contribution in [2.75, 3.05) is 5.32 Å². The van der Waals surface area contributed by atoms with Crippen molar-refractivity contribution < 1.29 is 31.5 Å². The van der Waals surface area contributed by atoms with Gasteiger partial charge in [-0.2, -0.15) is 13.2 Å². The molecule has 2 aromatic rings. The molecule has 0 aromatic heterocycles. The lowest BCUT2D eigenvalue weighted by molar-refractivity contribution is -0.0436. The third-order valence-electron chi connectivity index (χ3n) is 3.04. The van der Waals surface area contributed by atoms with Crippen LogP contribution in [0.1, 0.15) is 10.4 Å². The van der Waals surface area contributed by atoms with Gasteiger partial charge in [0.15, 0.2) is 0 Å². The van der Waals surface area contributed by atoms with Crippen LogP contribution >= 0.6 is 23.2 Å². The van der Waals surface area contributed by atoms with Crippen LogP contribution in [0.2, 0.25) is 10.0 Å². The first-order valence-corrected chi connectivity index (χ1v) is 8.59. The first-order valence-electron chi connectivity index (χ1n) is 6.35. The largest absolute Gasteiger partial charge is 0.506 e. The number of aromatic hydroxyl groups is 1. The van der Waals surface area contributed by atoms with Crippen LogP contribution in [0.15, 0.2) is 41.3 Å². The molecule has 2 aromatic carbocycles. The van der Waals surface area contributed by atoms with Crippen LogP contribution in [0, 0.1) is 0 Å². The van der Waals surface area contributed by atoms with Crippen molar-refractivity contribution in [2.24, 2.45) is 0 Å². The van der Waals surface area contributed by atoms with Crippen LogP contribution in [-0.2, 0) is 9.84 Å². The summed E-state index contributed by atoms with van der Waals surface area (Å²) in [7, 11) is -5.56. The Bertz CT molecular complexity index is 946. The first-order chi connectivity index (χ1) is 11.4. The van der Waals surface area contributed by atoms with E-state index < -0.39 is 36.9 Å². The highest BCUT2D eigenvalue weighted by molar-refractivity contribution is 7.92. The fraction of sp³-hybridized carbons (Fsp3) is 0.0714. The molecule has 0 atom stereocenters. The number of para-hydroxylation sites is 1. The molecule has 0 saturated heterocycles. The summed E-state index contributed by atoms with van der Waals surface area (Å²) in [5, 5.41) is 11.5. The highest BCUT2D eigenvalue weighted by Gasteiger charge is 2.47. The maximum Gasteiger partial charge on any atom is 0.501 e. The van der Waals surface area contributed by atoms with Gasteiger partial charge in [-0.1, -0.05) is 29.3 Å². The summed E-state index contributed by atoms with van der Waals surface area (Å²) in [5.41, 5.74) is -5.82. The molecule has 0 heterocycles. The second kappa shape index (κ2) is 6.74. The lowest BCUT2D eigenvalue weighted by Crippen LogP contribution is -2.23. The van der Waals surface area contributed by atoms with E-state index in [1.165, 1.54) is 18.2 Å². The van der Waals surface area contributed by atoms with Crippen molar-refractivity contribution in [3.8, 4) is 5.75 Å². The molecule has 5 nitrogen and oxygen atoms in total. The predicted octanol–water partition coefficient (Wildman–Crippen LogP) is 4.24. The Morgan fingerprint density at radius 1 is 1.08 bits per heavy atom. The Morgan fingerprint density at radius 3 is 2.28 bits per heavy atom. The second-order valence-electron chi connectivity index (χ2n) is 4.68. The van der Waals surface area contributed by atoms with Gasteiger partial charge in [0.05, 0.1) is 26.2 Å². The molecule has 2 N–H and O–H groups in total. The van der Waals surface area contributed by atoms with Crippen molar-refractivity contribution in [2.45, 2.75) is 10.4 Å². The molecule has 134 valence electrons. The number of amides is 1. The standard InChI is InChI=1S/C14H8Cl2F3NO4S/c15-9-3-1-2-8(12(9)21)13(22)20-11-5-4-7(6-10(11)16)25(23,24)14(17,18)19/h1-6,21H,(H,20,22). The number of hydrogen-bond acceptors (Lipinski definition) is 4. The summed E-state index contributed by atoms with van der Waals surface area (Å²) >= 11 is 11.4. The zero-order valence-corrected chi connectivity index (χ0v) is 14.3. The molecule has 11 heteroatoms. The summed E-state index contributed by atoms with van der Waals surface area (Å²) in [5.74, 6) is -1.33. The van der Waals surface area contributed by atoms with E-state index in [1.54, 1.807) is 0 Å². The lowest BCUT2D eigenvalue weighted by atomic mass is 10.2. The second-order valence-corrected chi connectivity index (χ2v) is 7.44. The van der Waals surface area contributed by atoms with Crippen molar-refractivity contribution in [1.29, 1.82) is 0 Å². The van der Waals surface area contributed by atoms with Gasteiger partial charge in [0.2, 0.25) is 0 Å². The number of benzene rings is 2. The van der Waals surface area contributed by atoms with Crippen LogP contribution in [0.3, 0.4) is 0 Å². The molecule has 0 radical (unpaired) electrons. The van der Waals surface area contributed by atoms with Gasteiger partial charge in [0.1, 0.15) is 5.75 Å². The number of halogens is 5. The van der Waals surface area contributed by atoms with E-state index >= 15 is 0 Å². The summed E-state index contributed by atoms with van der Waals surface area (Å²) in [6.45, 7) is 0. The highest BCUT2D eigenvalue weighted by atomic mass is 35.5. The van der Waals surface area contributed by atoms with E-state index in [0.29, 0.717) is 12.1 Å². The number of alkyl halides is 3. The molecule has 0 bridgehead atoms. The van der Waals surface area contributed by atoms with Crippen LogP contribution in [-0.4, -0.2) is 24.9 Å². The van der Waals surface area contributed by atoms with E-state index in [-0.39, 0.29) is 16.3 Å². The molecule has 0 aliphatic rings. The Hall–Kier alpha value is -1.97. The molecule has 0 aliphatic carbocycles. The van der Waals surface area contributed by atoms with E-state index in [9.17, 15) is 31.5 Å². The Balaban J connectivity index is 2.34. The third kappa shape index (κ3) is 3.83. The Morgan fingerprint density at radius 2 is 1.72 bits per heavy atom. The van der Waals surface area contributed by atoms with Gasteiger partial charge < -0.3 is 10.4 Å². The molecule has 25 heavy (non-hydrogen) atoms. The number of sulfone groups is 1. The molecule has 0 aliphatic heterocycles. The normalized spacial score (nSPS) is 12.0. The lowest BCUT2D eigenvalue weighted by Gasteiger charge is -2.12. The number of rotatable bonds is 3. The molecule has 2 rings (SSSR count). The third-order valence-corrected chi connectivity index (χ3v) is 5.14. The first kappa shape index (κ1) is 19.4. The van der Waals surface area contributed by atoms with Crippen LogP contribution in [0.25, 0.3) is 0 Å². The number of phenolic OH excluding ortho intramolecular Hbond substituents is 1. The van der Waals surface area contributed by atoms with Gasteiger partial charge in [-0.3, -0.25) is 4.79 Å². The van der Waals surface area contributed by atoms with Gasteiger partial charge >= 0.3 is 5.51 Å². The van der Waals surface area contributed by atoms with E-state index in [4.69, 9.17) is 23.2 Å². The number of carbonyl (C=O) groups excluding carboxylic acids is 1. The van der Waals surface area contributed by atoms with Gasteiger partial charge in [-0.25, -0.2) is 8.42 Å². The summed E-state index contributed by atoms with van der Waals surface area (Å²) in [4.78, 5) is 11.0. The summed E-state index contributed by atoms with van der Waals surface area (Å²) in [6.07, 6.45) is 0. The van der Waals surface area contributed by atoms with Crippen molar-refractivity contribution in [3.63, 3.8) is 0 Å². The summed E-state index contributed by atoms with van der Waals surface area (Å²) in [6, 6.07) is 6.13. The van der Waals surface area contributed by atoms with E-state index in [1.807, 2.05) is 0 Å². The predicted molar refractivity (Wildman–Crippen MR) is 85.8 cm³/mol. The number of phenols is 1. The van der Waals surface area contributed by atoms with E-state index in [2.05, 4.69) is 5.32 Å². The van der Waals surface area contributed by atoms with Gasteiger partial charge in [-0.15, -0.1) is 0 Å². The van der Waals surface area contributed by atoms with Crippen LogP contribution in [0.5, 0.6) is 5.75 Å². The Kier molecular flexibility index (Phi) is 5.22. The maximum atomic E-state index is 12.5. The monoisotopic (exact) mass is 413 g/mol. The quantitative estimate of drug-likeness (QED) is 0.787. The topological polar surface area (TPSA) is 83.5 Å². The molecular formula is C14H8Cl2F3NO4S. The van der Waals surface area contributed by atoms with Gasteiger partial charge in [-0.05, 0) is 30.3 Å². The highest BCUT2D eigenvalue weighted by Crippen LogP contribution is 2.34. The maximum absolute atomic E-state index is 12.5. The smallest absolute Gasteiger partial charge is 0.501 e. The number of carbonyl (C=O) groups is 1. The van der Waals surface area contributed by atoms with Gasteiger partial charge in [0.25, 0.3) is 15.7 Å². The minimum atomic E-state index is -5.56. The molecule has 0 fully saturated rings. The average Bonchev–Trinajstić information content (AvgIpc) is 2.50. The van der Waals surface area contributed by atoms with Crippen LogP contribution < -0.4 is 5.32 Å². The van der Waals surface area contributed by atoms with E-state index in [0.717, 1.165) is 6.07 Å². The fourth-order valence-corrected chi connectivity index (χ4v) is 3.04. The minimum Gasteiger partial charge on any atom is -0.506 e. The zero-order chi connectivity index (χ0) is 19.0. The van der Waals surface area contributed by atoms with Crippen molar-refractivity contribution >= 4 is 44.6 Å². The zero-order valence-electron chi connectivity index (χ0n) is 11.9. The van der Waals surface area contributed by atoms with Crippen LogP contribution in [0.4, 0.5) is 18.9 Å². The molecular weight excluding hydrogens is 406 g/mol. The molecule has 1 amide bonds. The fourth-order valence-electron chi connectivity index (χ4n) is 1.79. The number of hydrogen-bond donors (Lipinski definition) is 2. The minimum absolute atomic E-state index is 0.0784. The SMILES string of the molecule is O=C(Nc1ccc(S(=O)(=O)C(F)(F)F)cc1Cl)c1cccc(Cl)c1O. The number of nitrogens with one attached hydrogen (secondary N) is 1. The number of anilines is 1. The average molecular weight is 414 g/mol. The van der Waals surface area contributed by atoms with Crippen molar-refractivity contribution in [3.05, 3.63) is 52.0 Å². The molecule has 0 saturated carbocycles. The molecule has 0 unspecified atom stereocenters. The Labute approximate surface area is 149 Å².